The van der Waals surface area contributed by atoms with Gasteiger partial charge >= 0.3 is 0 Å². The van der Waals surface area contributed by atoms with Crippen LogP contribution in [0.1, 0.15) is 42.3 Å². The average molecular weight is 631 g/mol. The number of aromatic nitrogens is 4. The fourth-order valence-corrected chi connectivity index (χ4v) is 8.70. The van der Waals surface area contributed by atoms with Crippen LogP contribution in [0.5, 0.6) is 0 Å². The molecule has 0 aliphatic carbocycles. The average Bonchev–Trinajstić information content (AvgIpc) is 3.61. The molecule has 0 saturated heterocycles. The summed E-state index contributed by atoms with van der Waals surface area (Å²) in [6.45, 7) is 4.62. The van der Waals surface area contributed by atoms with Crippen LogP contribution in [-0.4, -0.2) is 19.1 Å². The van der Waals surface area contributed by atoms with Gasteiger partial charge in [-0.2, -0.15) is 0 Å². The molecule has 1 atom stereocenters. The Morgan fingerprint density at radius 3 is 2.36 bits per heavy atom. The molecule has 9 rings (SSSR count). The molecule has 0 fully saturated rings. The molecule has 0 amide bonds. The molecule has 6 heteroatoms. The van der Waals surface area contributed by atoms with Crippen LogP contribution in [0.25, 0.3) is 50.0 Å². The summed E-state index contributed by atoms with van der Waals surface area (Å²) < 4.78 is 20.8. The van der Waals surface area contributed by atoms with Crippen molar-refractivity contribution in [2.45, 2.75) is 35.2 Å². The van der Waals surface area contributed by atoms with Crippen LogP contribution in [0, 0.1) is 0 Å². The molecule has 0 radical (unpaired) electrons. The number of para-hydroxylation sites is 2. The minimum absolute atomic E-state index is 0.139. The maximum atomic E-state index is 16.5. The minimum Gasteiger partial charge on any atom is -0.327 e. The standard InChI is InChI=1S/C41H31FN4S/c1-41(2)31-16-4-7-19-36(31)47-37-24-35-30(23-32(37)41)29-15-10-20-43-40(29)46(35)28-14-9-12-26(22-28)38(42)25-11-8-13-27(21-25)39-44-33-17-5-6-18-34(33)45(39)3/h4-24,38H,1-3H3. The van der Waals surface area contributed by atoms with Gasteiger partial charge in [0.05, 0.1) is 16.6 Å². The van der Waals surface area contributed by atoms with E-state index in [0.717, 1.165) is 50.0 Å². The third-order valence-electron chi connectivity index (χ3n) is 9.73. The molecule has 0 spiro atoms. The number of benzene rings is 5. The molecule has 0 N–H and O–H groups in total. The Bertz CT molecular complexity index is 2520. The number of nitrogens with zero attached hydrogens (tertiary/aromatic N) is 4. The molecule has 3 aromatic heterocycles. The Kier molecular flexibility index (Phi) is 6.21. The van der Waals surface area contributed by atoms with Crippen LogP contribution in [-0.2, 0) is 12.5 Å². The summed E-state index contributed by atoms with van der Waals surface area (Å²) in [4.78, 5) is 12.2. The molecule has 1 unspecified atom stereocenters. The first kappa shape index (κ1) is 28.1. The van der Waals surface area contributed by atoms with Crippen LogP contribution < -0.4 is 0 Å². The van der Waals surface area contributed by atoms with Crippen molar-refractivity contribution in [1.82, 2.24) is 19.1 Å². The predicted molar refractivity (Wildman–Crippen MR) is 190 cm³/mol. The number of imidazole rings is 1. The van der Waals surface area contributed by atoms with Gasteiger partial charge in [0.15, 0.2) is 6.17 Å². The summed E-state index contributed by atoms with van der Waals surface area (Å²) in [5, 5.41) is 2.24. The van der Waals surface area contributed by atoms with E-state index in [0.29, 0.717) is 11.1 Å². The lowest BCUT2D eigenvalue weighted by Gasteiger charge is -2.34. The summed E-state index contributed by atoms with van der Waals surface area (Å²) in [5.74, 6) is 0.817. The van der Waals surface area contributed by atoms with E-state index in [1.54, 1.807) is 0 Å². The van der Waals surface area contributed by atoms with Crippen molar-refractivity contribution in [2.75, 3.05) is 0 Å². The third kappa shape index (κ3) is 4.28. The van der Waals surface area contributed by atoms with E-state index in [2.05, 4.69) is 71.5 Å². The Morgan fingerprint density at radius 1 is 0.702 bits per heavy atom. The van der Waals surface area contributed by atoms with Crippen molar-refractivity contribution in [2.24, 2.45) is 7.05 Å². The molecule has 1 aliphatic heterocycles. The first-order chi connectivity index (χ1) is 22.9. The Morgan fingerprint density at radius 2 is 1.49 bits per heavy atom. The SMILES string of the molecule is Cn1c(-c2cccc(C(F)c3cccc(-n4c5cc6c(cc5c5cccnc54)C(C)(C)c4ccccc4S6)c3)c2)nc2ccccc21. The van der Waals surface area contributed by atoms with Gasteiger partial charge in [-0.3, -0.25) is 4.57 Å². The fourth-order valence-electron chi connectivity index (χ4n) is 7.29. The zero-order chi connectivity index (χ0) is 31.9. The quantitative estimate of drug-likeness (QED) is 0.194. The second kappa shape index (κ2) is 10.4. The number of halogens is 1. The van der Waals surface area contributed by atoms with Gasteiger partial charge in [-0.25, -0.2) is 14.4 Å². The third-order valence-corrected chi connectivity index (χ3v) is 10.9. The lowest BCUT2D eigenvalue weighted by molar-refractivity contribution is 0.402. The first-order valence-corrected chi connectivity index (χ1v) is 16.7. The van der Waals surface area contributed by atoms with Crippen molar-refractivity contribution >= 4 is 44.7 Å². The second-order valence-corrected chi connectivity index (χ2v) is 13.9. The van der Waals surface area contributed by atoms with Crippen LogP contribution in [0.3, 0.4) is 0 Å². The normalized spacial score (nSPS) is 14.4. The summed E-state index contributed by atoms with van der Waals surface area (Å²) in [6.07, 6.45) is 0.520. The Balaban J connectivity index is 1.16. The summed E-state index contributed by atoms with van der Waals surface area (Å²) in [6, 6.07) is 41.0. The van der Waals surface area contributed by atoms with Crippen molar-refractivity contribution in [3.8, 4) is 17.1 Å². The molecule has 4 nitrogen and oxygen atoms in total. The van der Waals surface area contributed by atoms with Crippen molar-refractivity contribution in [3.63, 3.8) is 0 Å². The largest absolute Gasteiger partial charge is 0.327 e. The molecule has 0 bridgehead atoms. The zero-order valence-corrected chi connectivity index (χ0v) is 27.1. The van der Waals surface area contributed by atoms with E-state index in [9.17, 15) is 0 Å². The van der Waals surface area contributed by atoms with Gasteiger partial charge in [0.25, 0.3) is 0 Å². The van der Waals surface area contributed by atoms with Crippen LogP contribution >= 0.6 is 11.8 Å². The summed E-state index contributed by atoms with van der Waals surface area (Å²) >= 11 is 1.82. The number of rotatable bonds is 4. The topological polar surface area (TPSA) is 35.6 Å². The van der Waals surface area contributed by atoms with Gasteiger partial charge in [0.2, 0.25) is 0 Å². The van der Waals surface area contributed by atoms with Gasteiger partial charge < -0.3 is 4.57 Å². The van der Waals surface area contributed by atoms with Gasteiger partial charge in [-0.05, 0) is 82.9 Å². The smallest absolute Gasteiger partial charge is 0.150 e. The highest BCUT2D eigenvalue weighted by atomic mass is 32.2. The molecule has 4 heterocycles. The van der Waals surface area contributed by atoms with Crippen LogP contribution in [0.4, 0.5) is 4.39 Å². The molecule has 5 aromatic carbocycles. The number of fused-ring (bicyclic) bond motifs is 6. The van der Waals surface area contributed by atoms with Gasteiger partial charge in [0.1, 0.15) is 11.5 Å². The monoisotopic (exact) mass is 630 g/mol. The van der Waals surface area contributed by atoms with E-state index in [1.165, 1.54) is 20.9 Å². The maximum Gasteiger partial charge on any atom is 0.150 e. The number of aryl methyl sites for hydroxylation is 1. The molecule has 0 saturated carbocycles. The Hall–Kier alpha value is -5.20. The maximum absolute atomic E-state index is 16.5. The molecule has 8 aromatic rings. The van der Waals surface area contributed by atoms with Crippen LogP contribution in [0.15, 0.2) is 137 Å². The molecular weight excluding hydrogens is 600 g/mol. The van der Waals surface area contributed by atoms with Crippen molar-refractivity contribution < 1.29 is 4.39 Å². The highest BCUT2D eigenvalue weighted by molar-refractivity contribution is 7.99. The van der Waals surface area contributed by atoms with Gasteiger partial charge in [-0.1, -0.05) is 86.3 Å². The van der Waals surface area contributed by atoms with Crippen molar-refractivity contribution in [1.29, 1.82) is 0 Å². The van der Waals surface area contributed by atoms with Crippen LogP contribution in [0.2, 0.25) is 0 Å². The van der Waals surface area contributed by atoms with E-state index in [1.807, 2.05) is 97.8 Å². The fraction of sp³-hybridized carbons (Fsp3) is 0.122. The van der Waals surface area contributed by atoms with E-state index < -0.39 is 6.17 Å². The molecule has 228 valence electrons. The first-order valence-electron chi connectivity index (χ1n) is 15.9. The lowest BCUT2D eigenvalue weighted by Crippen LogP contribution is -2.23. The van der Waals surface area contributed by atoms with Gasteiger partial charge in [-0.15, -0.1) is 0 Å². The highest BCUT2D eigenvalue weighted by Crippen LogP contribution is 2.51. The second-order valence-electron chi connectivity index (χ2n) is 12.9. The number of hydrogen-bond acceptors (Lipinski definition) is 3. The number of hydrogen-bond donors (Lipinski definition) is 0. The summed E-state index contributed by atoms with van der Waals surface area (Å²) in [7, 11) is 2.00. The molecular formula is C41H31FN4S. The lowest BCUT2D eigenvalue weighted by atomic mass is 9.77. The number of alkyl halides is 1. The minimum atomic E-state index is -1.31. The zero-order valence-electron chi connectivity index (χ0n) is 26.3. The van der Waals surface area contributed by atoms with E-state index in [4.69, 9.17) is 9.97 Å². The molecule has 1 aliphatic rings. The van der Waals surface area contributed by atoms with Crippen molar-refractivity contribution in [3.05, 3.63) is 150 Å². The summed E-state index contributed by atoms with van der Waals surface area (Å²) in [5.41, 5.74) is 9.38. The Labute approximate surface area is 276 Å². The van der Waals surface area contributed by atoms with E-state index in [-0.39, 0.29) is 5.41 Å². The van der Waals surface area contributed by atoms with Gasteiger partial charge in [0, 0.05) is 50.5 Å². The number of pyridine rings is 1. The highest BCUT2D eigenvalue weighted by Gasteiger charge is 2.34. The molecule has 47 heavy (non-hydrogen) atoms. The van der Waals surface area contributed by atoms with E-state index >= 15 is 4.39 Å². The predicted octanol–water partition coefficient (Wildman–Crippen LogP) is 10.6.